The Kier molecular flexibility index (Phi) is 5.15. The molecule has 0 aliphatic rings. The fourth-order valence-electron chi connectivity index (χ4n) is 1.74. The number of aromatic nitrogens is 1. The molecule has 0 bridgehead atoms. The second kappa shape index (κ2) is 6.39. The summed E-state index contributed by atoms with van der Waals surface area (Å²) in [7, 11) is 0. The average molecular weight is 258 g/mol. The van der Waals surface area contributed by atoms with Crippen LogP contribution in [0.3, 0.4) is 0 Å². The summed E-state index contributed by atoms with van der Waals surface area (Å²) in [5, 5.41) is 0. The van der Waals surface area contributed by atoms with Crippen molar-refractivity contribution in [1.29, 1.82) is 0 Å². The van der Waals surface area contributed by atoms with Crippen LogP contribution in [0.4, 0.5) is 8.78 Å². The fraction of sp³-hybridized carbons (Fsp3) is 0.500. The van der Waals surface area contributed by atoms with Crippen LogP contribution in [-0.4, -0.2) is 17.6 Å². The predicted octanol–water partition coefficient (Wildman–Crippen LogP) is 1.89. The summed E-state index contributed by atoms with van der Waals surface area (Å²) in [5.74, 6) is -0.541. The highest BCUT2D eigenvalue weighted by molar-refractivity contribution is 5.73. The highest BCUT2D eigenvalue weighted by Gasteiger charge is 2.20. The molecule has 0 saturated carbocycles. The van der Waals surface area contributed by atoms with E-state index in [2.05, 4.69) is 4.98 Å². The van der Waals surface area contributed by atoms with Crippen molar-refractivity contribution in [3.8, 4) is 0 Å². The lowest BCUT2D eigenvalue weighted by Crippen LogP contribution is -2.13. The van der Waals surface area contributed by atoms with Gasteiger partial charge in [0.25, 0.3) is 6.43 Å². The van der Waals surface area contributed by atoms with E-state index in [9.17, 15) is 13.6 Å². The maximum atomic E-state index is 13.0. The third-order valence-corrected chi connectivity index (χ3v) is 2.61. The fourth-order valence-corrected chi connectivity index (χ4v) is 1.74. The van der Waals surface area contributed by atoms with E-state index in [4.69, 9.17) is 10.5 Å². The summed E-state index contributed by atoms with van der Waals surface area (Å²) in [5.41, 5.74) is 6.20. The van der Waals surface area contributed by atoms with Crippen LogP contribution in [0.15, 0.2) is 6.20 Å². The lowest BCUT2D eigenvalue weighted by atomic mass is 10.0. The standard InChI is InChI=1S/C12H16F2N2O2/c1-3-18-10(17)4-8-6-16-9(5-15)7(2)11(8)12(13)14/h6,12H,3-5,15H2,1-2H3. The molecule has 6 heteroatoms. The molecule has 1 rings (SSSR count). The first kappa shape index (κ1) is 14.5. The number of hydrogen-bond acceptors (Lipinski definition) is 4. The van der Waals surface area contributed by atoms with E-state index in [0.717, 1.165) is 0 Å². The van der Waals surface area contributed by atoms with Crippen LogP contribution < -0.4 is 5.73 Å². The summed E-state index contributed by atoms with van der Waals surface area (Å²) in [6.45, 7) is 3.50. The van der Waals surface area contributed by atoms with Gasteiger partial charge in [0.2, 0.25) is 0 Å². The molecule has 0 unspecified atom stereocenters. The summed E-state index contributed by atoms with van der Waals surface area (Å²) < 4.78 is 30.8. The van der Waals surface area contributed by atoms with Gasteiger partial charge in [0.05, 0.1) is 18.7 Å². The van der Waals surface area contributed by atoms with E-state index < -0.39 is 12.4 Å². The molecule has 0 atom stereocenters. The van der Waals surface area contributed by atoms with E-state index in [0.29, 0.717) is 11.3 Å². The van der Waals surface area contributed by atoms with Gasteiger partial charge in [-0.1, -0.05) is 0 Å². The van der Waals surface area contributed by atoms with Gasteiger partial charge < -0.3 is 10.5 Å². The number of alkyl halides is 2. The second-order valence-corrected chi connectivity index (χ2v) is 3.76. The molecular weight excluding hydrogens is 242 g/mol. The number of halogens is 2. The Balaban J connectivity index is 3.11. The molecule has 0 aromatic carbocycles. The van der Waals surface area contributed by atoms with Crippen molar-refractivity contribution < 1.29 is 18.3 Å². The predicted molar refractivity (Wildman–Crippen MR) is 62.2 cm³/mol. The Bertz CT molecular complexity index is 436. The number of pyridine rings is 1. The first-order valence-electron chi connectivity index (χ1n) is 5.62. The molecule has 0 aliphatic heterocycles. The van der Waals surface area contributed by atoms with Gasteiger partial charge in [-0.05, 0) is 25.0 Å². The van der Waals surface area contributed by atoms with Crippen molar-refractivity contribution in [2.75, 3.05) is 6.61 Å². The topological polar surface area (TPSA) is 65.2 Å². The Morgan fingerprint density at radius 2 is 2.22 bits per heavy atom. The molecule has 0 radical (unpaired) electrons. The van der Waals surface area contributed by atoms with Crippen LogP contribution in [-0.2, 0) is 22.5 Å². The maximum Gasteiger partial charge on any atom is 0.310 e. The molecule has 0 spiro atoms. The van der Waals surface area contributed by atoms with Gasteiger partial charge in [-0.25, -0.2) is 8.78 Å². The van der Waals surface area contributed by atoms with Gasteiger partial charge in [0.15, 0.2) is 0 Å². The second-order valence-electron chi connectivity index (χ2n) is 3.76. The van der Waals surface area contributed by atoms with E-state index in [1.54, 1.807) is 6.92 Å². The number of ether oxygens (including phenoxy) is 1. The molecule has 4 nitrogen and oxygen atoms in total. The molecule has 1 aromatic heterocycles. The number of rotatable bonds is 5. The van der Waals surface area contributed by atoms with Crippen molar-refractivity contribution in [2.24, 2.45) is 5.73 Å². The first-order chi connectivity index (χ1) is 8.51. The van der Waals surface area contributed by atoms with Crippen LogP contribution in [0.5, 0.6) is 0 Å². The van der Waals surface area contributed by atoms with Crippen molar-refractivity contribution in [3.63, 3.8) is 0 Å². The van der Waals surface area contributed by atoms with E-state index in [1.807, 2.05) is 0 Å². The first-order valence-corrected chi connectivity index (χ1v) is 5.62. The summed E-state index contributed by atoms with van der Waals surface area (Å²) >= 11 is 0. The molecule has 0 fully saturated rings. The third-order valence-electron chi connectivity index (χ3n) is 2.61. The summed E-state index contributed by atoms with van der Waals surface area (Å²) in [4.78, 5) is 15.3. The lowest BCUT2D eigenvalue weighted by Gasteiger charge is -2.13. The Hall–Kier alpha value is -1.56. The average Bonchev–Trinajstić information content (AvgIpc) is 2.29. The molecule has 1 aromatic rings. The number of nitrogens with two attached hydrogens (primary N) is 1. The van der Waals surface area contributed by atoms with Crippen LogP contribution in [0, 0.1) is 6.92 Å². The van der Waals surface area contributed by atoms with Gasteiger partial charge in [-0.3, -0.25) is 9.78 Å². The molecule has 18 heavy (non-hydrogen) atoms. The number of carbonyl (C=O) groups is 1. The molecule has 1 heterocycles. The zero-order valence-corrected chi connectivity index (χ0v) is 10.4. The number of nitrogens with zero attached hydrogens (tertiary/aromatic N) is 1. The lowest BCUT2D eigenvalue weighted by molar-refractivity contribution is -0.142. The van der Waals surface area contributed by atoms with Crippen LogP contribution >= 0.6 is 0 Å². The zero-order valence-electron chi connectivity index (χ0n) is 10.4. The van der Waals surface area contributed by atoms with Crippen LogP contribution in [0.1, 0.15) is 35.7 Å². The summed E-state index contributed by atoms with van der Waals surface area (Å²) in [6.07, 6.45) is -1.59. The van der Waals surface area contributed by atoms with Crippen molar-refractivity contribution in [1.82, 2.24) is 4.98 Å². The number of carbonyl (C=O) groups excluding carboxylic acids is 1. The van der Waals surface area contributed by atoms with E-state index in [1.165, 1.54) is 13.1 Å². The SMILES string of the molecule is CCOC(=O)Cc1cnc(CN)c(C)c1C(F)F. The molecule has 0 saturated heterocycles. The maximum absolute atomic E-state index is 13.0. The Labute approximate surface area is 104 Å². The summed E-state index contributed by atoms with van der Waals surface area (Å²) in [6, 6.07) is 0. The van der Waals surface area contributed by atoms with Gasteiger partial charge in [-0.15, -0.1) is 0 Å². The van der Waals surface area contributed by atoms with Crippen LogP contribution in [0.2, 0.25) is 0 Å². The van der Waals surface area contributed by atoms with Gasteiger partial charge in [0, 0.05) is 18.3 Å². The minimum atomic E-state index is -2.66. The largest absolute Gasteiger partial charge is 0.466 e. The smallest absolute Gasteiger partial charge is 0.310 e. The zero-order chi connectivity index (χ0) is 13.7. The normalized spacial score (nSPS) is 10.8. The Morgan fingerprint density at radius 3 is 2.72 bits per heavy atom. The molecule has 2 N–H and O–H groups in total. The van der Waals surface area contributed by atoms with Crippen molar-refractivity contribution in [3.05, 3.63) is 28.6 Å². The van der Waals surface area contributed by atoms with Crippen molar-refractivity contribution >= 4 is 5.97 Å². The highest BCUT2D eigenvalue weighted by Crippen LogP contribution is 2.28. The van der Waals surface area contributed by atoms with E-state index >= 15 is 0 Å². The molecule has 100 valence electrons. The van der Waals surface area contributed by atoms with E-state index in [-0.39, 0.29) is 30.7 Å². The highest BCUT2D eigenvalue weighted by atomic mass is 19.3. The minimum Gasteiger partial charge on any atom is -0.466 e. The molecule has 0 amide bonds. The van der Waals surface area contributed by atoms with Gasteiger partial charge in [-0.2, -0.15) is 0 Å². The third kappa shape index (κ3) is 3.22. The molecule has 0 aliphatic carbocycles. The minimum absolute atomic E-state index is 0.0885. The number of esters is 1. The quantitative estimate of drug-likeness (QED) is 0.819. The number of hydrogen-bond donors (Lipinski definition) is 1. The van der Waals surface area contributed by atoms with Crippen molar-refractivity contribution in [2.45, 2.75) is 33.2 Å². The van der Waals surface area contributed by atoms with Crippen LogP contribution in [0.25, 0.3) is 0 Å². The monoisotopic (exact) mass is 258 g/mol. The molecular formula is C12H16F2N2O2. The van der Waals surface area contributed by atoms with Gasteiger partial charge in [0.1, 0.15) is 0 Å². The Morgan fingerprint density at radius 1 is 1.56 bits per heavy atom. The van der Waals surface area contributed by atoms with Gasteiger partial charge >= 0.3 is 5.97 Å².